The molecule has 2 heteroatoms. The van der Waals surface area contributed by atoms with Gasteiger partial charge in [-0.2, -0.15) is 0 Å². The molecule has 0 rings (SSSR count). The van der Waals surface area contributed by atoms with Crippen molar-refractivity contribution in [2.75, 3.05) is 13.2 Å². The van der Waals surface area contributed by atoms with Gasteiger partial charge in [0.25, 0.3) is 0 Å². The van der Waals surface area contributed by atoms with Gasteiger partial charge in [-0.15, -0.1) is 0 Å². The zero-order valence-electron chi connectivity index (χ0n) is 18.0. The number of rotatable bonds is 20. The highest BCUT2D eigenvalue weighted by Gasteiger charge is 2.30. The van der Waals surface area contributed by atoms with Gasteiger partial charge in [-0.25, -0.2) is 0 Å². The molecule has 0 saturated carbocycles. The second-order valence-corrected chi connectivity index (χ2v) is 7.64. The first-order valence-corrected chi connectivity index (χ1v) is 11.5. The second-order valence-electron chi connectivity index (χ2n) is 7.64. The molecule has 0 spiro atoms. The third kappa shape index (κ3) is 14.7. The van der Waals surface area contributed by atoms with Gasteiger partial charge in [0.2, 0.25) is 0 Å². The molecule has 0 saturated heterocycles. The lowest BCUT2D eigenvalue weighted by atomic mass is 9.99. The summed E-state index contributed by atoms with van der Waals surface area (Å²) in [5, 5.41) is 0. The fraction of sp³-hybridized carbons (Fsp3) is 1.00. The van der Waals surface area contributed by atoms with Crippen LogP contribution >= 0.6 is 0 Å². The van der Waals surface area contributed by atoms with E-state index in [2.05, 4.69) is 27.7 Å². The number of hydrogen-bond donors (Lipinski definition) is 0. The topological polar surface area (TPSA) is 18.5 Å². The van der Waals surface area contributed by atoms with Crippen molar-refractivity contribution in [2.45, 2.75) is 136 Å². The van der Waals surface area contributed by atoms with Crippen LogP contribution in [0.4, 0.5) is 0 Å². The van der Waals surface area contributed by atoms with Crippen molar-refractivity contribution in [3.8, 4) is 0 Å². The zero-order chi connectivity index (χ0) is 18.6. The molecule has 2 nitrogen and oxygen atoms in total. The summed E-state index contributed by atoms with van der Waals surface area (Å²) in [5.41, 5.74) is 0. The molecule has 0 aliphatic heterocycles. The first-order valence-electron chi connectivity index (χ1n) is 11.5. The summed E-state index contributed by atoms with van der Waals surface area (Å²) in [6.45, 7) is 10.7. The van der Waals surface area contributed by atoms with Crippen LogP contribution in [0.5, 0.6) is 0 Å². The van der Waals surface area contributed by atoms with Crippen molar-refractivity contribution in [3.63, 3.8) is 0 Å². The fourth-order valence-electron chi connectivity index (χ4n) is 3.26. The van der Waals surface area contributed by atoms with Crippen molar-refractivity contribution < 1.29 is 9.47 Å². The standard InChI is InChI=1S/C23H48O2/c1-5-9-13-14-15-16-18-20-23(19-17-10-6-2,24-21-11-7-3)25-22-12-8-4/h5-22H2,1-4H3. The normalized spacial score (nSPS) is 12.0. The lowest BCUT2D eigenvalue weighted by molar-refractivity contribution is -0.247. The molecule has 0 unspecified atom stereocenters. The molecular weight excluding hydrogens is 308 g/mol. The van der Waals surface area contributed by atoms with E-state index in [4.69, 9.17) is 9.47 Å². The average molecular weight is 357 g/mol. The maximum Gasteiger partial charge on any atom is 0.168 e. The first-order chi connectivity index (χ1) is 12.2. The van der Waals surface area contributed by atoms with Crippen molar-refractivity contribution >= 4 is 0 Å². The van der Waals surface area contributed by atoms with E-state index in [1.54, 1.807) is 0 Å². The Kier molecular flexibility index (Phi) is 18.6. The van der Waals surface area contributed by atoms with Crippen LogP contribution in [0.15, 0.2) is 0 Å². The minimum Gasteiger partial charge on any atom is -0.350 e. The van der Waals surface area contributed by atoms with Gasteiger partial charge < -0.3 is 9.47 Å². The molecule has 0 aromatic heterocycles. The summed E-state index contributed by atoms with van der Waals surface area (Å²) in [6.07, 6.45) is 20.1. The van der Waals surface area contributed by atoms with Crippen molar-refractivity contribution in [2.24, 2.45) is 0 Å². The van der Waals surface area contributed by atoms with Crippen LogP contribution in [-0.4, -0.2) is 19.0 Å². The van der Waals surface area contributed by atoms with Gasteiger partial charge in [0, 0.05) is 12.8 Å². The van der Waals surface area contributed by atoms with Gasteiger partial charge in [0.15, 0.2) is 5.79 Å². The number of unbranched alkanes of at least 4 members (excludes halogenated alkanes) is 10. The summed E-state index contributed by atoms with van der Waals surface area (Å²) >= 11 is 0. The predicted octanol–water partition coefficient (Wildman–Crippen LogP) is 8.04. The lowest BCUT2D eigenvalue weighted by Gasteiger charge is -2.34. The molecule has 0 aliphatic carbocycles. The van der Waals surface area contributed by atoms with E-state index >= 15 is 0 Å². The molecule has 0 atom stereocenters. The van der Waals surface area contributed by atoms with E-state index < -0.39 is 0 Å². The summed E-state index contributed by atoms with van der Waals surface area (Å²) in [5.74, 6) is -0.303. The molecule has 0 bridgehead atoms. The third-order valence-corrected chi connectivity index (χ3v) is 5.05. The van der Waals surface area contributed by atoms with Gasteiger partial charge in [0.05, 0.1) is 13.2 Å². The van der Waals surface area contributed by atoms with E-state index in [0.29, 0.717) is 0 Å². The molecule has 0 fully saturated rings. The quantitative estimate of drug-likeness (QED) is 0.162. The lowest BCUT2D eigenvalue weighted by Crippen LogP contribution is -2.37. The Balaban J connectivity index is 4.43. The predicted molar refractivity (Wildman–Crippen MR) is 111 cm³/mol. The van der Waals surface area contributed by atoms with Crippen LogP contribution in [0.1, 0.15) is 130 Å². The SMILES string of the molecule is CCCCCCCCCC(CCCCC)(OCCCC)OCCCC. The Morgan fingerprint density at radius 2 is 0.800 bits per heavy atom. The smallest absolute Gasteiger partial charge is 0.168 e. The molecular formula is C23H48O2. The Morgan fingerprint density at radius 3 is 1.28 bits per heavy atom. The highest BCUT2D eigenvalue weighted by Crippen LogP contribution is 2.29. The van der Waals surface area contributed by atoms with Gasteiger partial charge >= 0.3 is 0 Å². The van der Waals surface area contributed by atoms with Gasteiger partial charge in [0.1, 0.15) is 0 Å². The highest BCUT2D eigenvalue weighted by atomic mass is 16.7. The maximum atomic E-state index is 6.39. The van der Waals surface area contributed by atoms with Crippen LogP contribution in [0.25, 0.3) is 0 Å². The molecule has 25 heavy (non-hydrogen) atoms. The zero-order valence-corrected chi connectivity index (χ0v) is 18.0. The molecule has 0 aliphatic rings. The Bertz CT molecular complexity index is 226. The molecule has 0 amide bonds. The largest absolute Gasteiger partial charge is 0.350 e. The highest BCUT2D eigenvalue weighted by molar-refractivity contribution is 4.71. The van der Waals surface area contributed by atoms with E-state index in [1.165, 1.54) is 77.0 Å². The average Bonchev–Trinajstić information content (AvgIpc) is 2.61. The van der Waals surface area contributed by atoms with Crippen LogP contribution in [0.3, 0.4) is 0 Å². The van der Waals surface area contributed by atoms with Crippen LogP contribution in [0.2, 0.25) is 0 Å². The summed E-state index contributed by atoms with van der Waals surface area (Å²) in [7, 11) is 0. The Morgan fingerprint density at radius 1 is 0.440 bits per heavy atom. The van der Waals surface area contributed by atoms with Gasteiger partial charge in [-0.1, -0.05) is 91.9 Å². The molecule has 0 aromatic rings. The molecule has 152 valence electrons. The van der Waals surface area contributed by atoms with Gasteiger partial charge in [-0.3, -0.25) is 0 Å². The summed E-state index contributed by atoms with van der Waals surface area (Å²) < 4.78 is 12.8. The minimum absolute atomic E-state index is 0.303. The summed E-state index contributed by atoms with van der Waals surface area (Å²) in [6, 6.07) is 0. The van der Waals surface area contributed by atoms with E-state index in [0.717, 1.165) is 38.9 Å². The van der Waals surface area contributed by atoms with Crippen LogP contribution in [-0.2, 0) is 9.47 Å². The van der Waals surface area contributed by atoms with Crippen LogP contribution < -0.4 is 0 Å². The number of hydrogen-bond acceptors (Lipinski definition) is 2. The van der Waals surface area contributed by atoms with Gasteiger partial charge in [-0.05, 0) is 25.7 Å². The van der Waals surface area contributed by atoms with Crippen molar-refractivity contribution in [3.05, 3.63) is 0 Å². The molecule has 0 heterocycles. The fourth-order valence-corrected chi connectivity index (χ4v) is 3.26. The second kappa shape index (κ2) is 18.7. The maximum absolute atomic E-state index is 6.39. The Hall–Kier alpha value is -0.0800. The third-order valence-electron chi connectivity index (χ3n) is 5.05. The van der Waals surface area contributed by atoms with Crippen molar-refractivity contribution in [1.29, 1.82) is 0 Å². The van der Waals surface area contributed by atoms with Crippen molar-refractivity contribution in [1.82, 2.24) is 0 Å². The van der Waals surface area contributed by atoms with E-state index in [9.17, 15) is 0 Å². The van der Waals surface area contributed by atoms with Crippen LogP contribution in [0, 0.1) is 0 Å². The molecule has 0 N–H and O–H groups in total. The first kappa shape index (κ1) is 24.9. The minimum atomic E-state index is -0.303. The Labute approximate surface area is 159 Å². The monoisotopic (exact) mass is 356 g/mol. The van der Waals surface area contributed by atoms with E-state index in [-0.39, 0.29) is 5.79 Å². The summed E-state index contributed by atoms with van der Waals surface area (Å²) in [4.78, 5) is 0. The molecule has 0 aromatic carbocycles. The number of ether oxygens (including phenoxy) is 2. The van der Waals surface area contributed by atoms with E-state index in [1.807, 2.05) is 0 Å². The molecule has 0 radical (unpaired) electrons.